The van der Waals surface area contributed by atoms with E-state index < -0.39 is 8.80 Å². The number of allylic oxidation sites excluding steroid dienone is 4. The average Bonchev–Trinajstić information content (AvgIpc) is 2.82. The molecule has 0 N–H and O–H groups in total. The highest BCUT2D eigenvalue weighted by molar-refractivity contribution is 6.94. The molecule has 1 atom stereocenters. The van der Waals surface area contributed by atoms with Gasteiger partial charge in [-0.3, -0.25) is 0 Å². The smallest absolute Gasteiger partial charge is 0.0814 e. The fourth-order valence-corrected chi connectivity index (χ4v) is 6.38. The Hall–Kier alpha value is -1.86. The summed E-state index contributed by atoms with van der Waals surface area (Å²) in [5, 5.41) is 4.70. The summed E-state index contributed by atoms with van der Waals surface area (Å²) < 4.78 is 0. The molecule has 2 aromatic carbocycles. The molecule has 0 saturated heterocycles. The van der Waals surface area contributed by atoms with Gasteiger partial charge in [-0.05, 0) is 33.9 Å². The summed E-state index contributed by atoms with van der Waals surface area (Å²) in [6.45, 7) is 2.32. The van der Waals surface area contributed by atoms with E-state index in [-0.39, 0.29) is 0 Å². The van der Waals surface area contributed by atoms with Crippen molar-refractivity contribution in [1.29, 1.82) is 0 Å². The third-order valence-electron chi connectivity index (χ3n) is 4.30. The van der Waals surface area contributed by atoms with Crippen LogP contribution in [0.3, 0.4) is 0 Å². The summed E-state index contributed by atoms with van der Waals surface area (Å²) in [4.78, 5) is 0. The van der Waals surface area contributed by atoms with E-state index in [1.165, 1.54) is 17.2 Å². The fourth-order valence-electron chi connectivity index (χ4n) is 3.38. The lowest BCUT2D eigenvalue weighted by Crippen LogP contribution is -2.41. The lowest BCUT2D eigenvalue weighted by atomic mass is 9.91. The summed E-state index contributed by atoms with van der Waals surface area (Å²) in [5.74, 6) is 0.666. The van der Waals surface area contributed by atoms with E-state index >= 15 is 0 Å². The van der Waals surface area contributed by atoms with Gasteiger partial charge in [0.1, 0.15) is 0 Å². The largest absolute Gasteiger partial charge is 0.155 e. The molecule has 0 saturated carbocycles. The van der Waals surface area contributed by atoms with Gasteiger partial charge >= 0.3 is 0 Å². The van der Waals surface area contributed by atoms with Gasteiger partial charge in [0.2, 0.25) is 0 Å². The van der Waals surface area contributed by atoms with Crippen LogP contribution in [0.15, 0.2) is 71.9 Å². The minimum absolute atomic E-state index is 0.666. The standard InChI is InChI=1S/C19H17Si/c1-14-11-12-19-17(13-14)16-9-5-6-10-18(16)20(19)15-7-3-2-4-8-15/h2-12,14H,13H2,1H3. The molecule has 0 nitrogen and oxygen atoms in total. The molecular weight excluding hydrogens is 256 g/mol. The molecule has 2 aliphatic rings. The van der Waals surface area contributed by atoms with Crippen molar-refractivity contribution < 1.29 is 0 Å². The predicted molar refractivity (Wildman–Crippen MR) is 87.7 cm³/mol. The zero-order valence-electron chi connectivity index (χ0n) is 11.6. The summed E-state index contributed by atoms with van der Waals surface area (Å²) in [7, 11) is -0.775. The predicted octanol–water partition coefficient (Wildman–Crippen LogP) is 3.20. The molecule has 4 rings (SSSR count). The normalized spacial score (nSPS) is 20.9. The Kier molecular flexibility index (Phi) is 2.74. The van der Waals surface area contributed by atoms with E-state index in [2.05, 4.69) is 73.7 Å². The maximum atomic E-state index is 2.41. The van der Waals surface area contributed by atoms with Gasteiger partial charge in [0.25, 0.3) is 0 Å². The zero-order chi connectivity index (χ0) is 13.5. The van der Waals surface area contributed by atoms with E-state index in [1.54, 1.807) is 16.0 Å². The quantitative estimate of drug-likeness (QED) is 0.700. The van der Waals surface area contributed by atoms with Crippen LogP contribution in [0.1, 0.15) is 18.9 Å². The van der Waals surface area contributed by atoms with Crippen molar-refractivity contribution in [2.75, 3.05) is 0 Å². The van der Waals surface area contributed by atoms with Crippen LogP contribution in [0.25, 0.3) is 5.57 Å². The van der Waals surface area contributed by atoms with Gasteiger partial charge in [0.15, 0.2) is 8.80 Å². The van der Waals surface area contributed by atoms with Crippen molar-refractivity contribution in [3.63, 3.8) is 0 Å². The number of hydrogen-bond donors (Lipinski definition) is 0. The second kappa shape index (κ2) is 4.60. The van der Waals surface area contributed by atoms with Crippen LogP contribution in [0.5, 0.6) is 0 Å². The van der Waals surface area contributed by atoms with Crippen molar-refractivity contribution in [1.82, 2.24) is 0 Å². The van der Waals surface area contributed by atoms with Gasteiger partial charge in [-0.2, -0.15) is 0 Å². The van der Waals surface area contributed by atoms with E-state index in [9.17, 15) is 0 Å². The highest BCUT2D eigenvalue weighted by atomic mass is 28.3. The number of fused-ring (bicyclic) bond motifs is 2. The molecule has 0 amide bonds. The van der Waals surface area contributed by atoms with Crippen LogP contribution in [0.4, 0.5) is 0 Å². The SMILES string of the molecule is CC1C=CC2=C(C1)c1ccccc1[Si]2c1ccccc1. The van der Waals surface area contributed by atoms with Crippen LogP contribution in [0.2, 0.25) is 0 Å². The second-order valence-electron chi connectivity index (χ2n) is 5.72. The molecule has 0 fully saturated rings. The first-order chi connectivity index (χ1) is 9.84. The molecular formula is C19H17Si. The average molecular weight is 273 g/mol. The Bertz CT molecular complexity index is 710. The monoisotopic (exact) mass is 273 g/mol. The van der Waals surface area contributed by atoms with Gasteiger partial charge in [0, 0.05) is 0 Å². The van der Waals surface area contributed by atoms with Crippen molar-refractivity contribution >= 4 is 24.7 Å². The first-order valence-corrected chi connectivity index (χ1v) is 8.78. The van der Waals surface area contributed by atoms with Crippen LogP contribution < -0.4 is 10.4 Å². The molecule has 1 radical (unpaired) electrons. The molecule has 1 heterocycles. The summed E-state index contributed by atoms with van der Waals surface area (Å²) in [5.41, 5.74) is 3.12. The molecule has 0 spiro atoms. The van der Waals surface area contributed by atoms with Crippen LogP contribution in [-0.4, -0.2) is 8.80 Å². The molecule has 1 unspecified atom stereocenters. The maximum Gasteiger partial charge on any atom is 0.155 e. The molecule has 1 aliphatic carbocycles. The Morgan fingerprint density at radius 3 is 2.55 bits per heavy atom. The van der Waals surface area contributed by atoms with Crippen molar-refractivity contribution in [2.24, 2.45) is 5.92 Å². The van der Waals surface area contributed by atoms with Gasteiger partial charge in [-0.15, -0.1) is 0 Å². The van der Waals surface area contributed by atoms with E-state index in [1.807, 2.05) is 0 Å². The molecule has 1 aliphatic heterocycles. The molecule has 0 aromatic heterocycles. The first kappa shape index (κ1) is 11.9. The third-order valence-corrected chi connectivity index (χ3v) is 7.19. The highest BCUT2D eigenvalue weighted by Crippen LogP contribution is 2.36. The summed E-state index contributed by atoms with van der Waals surface area (Å²) in [6.07, 6.45) is 5.99. The van der Waals surface area contributed by atoms with E-state index in [4.69, 9.17) is 0 Å². The zero-order valence-corrected chi connectivity index (χ0v) is 12.6. The minimum Gasteiger partial charge on any atom is -0.0814 e. The van der Waals surface area contributed by atoms with Crippen LogP contribution in [0, 0.1) is 5.92 Å². The van der Waals surface area contributed by atoms with Gasteiger partial charge < -0.3 is 0 Å². The van der Waals surface area contributed by atoms with Gasteiger partial charge in [-0.25, -0.2) is 0 Å². The Morgan fingerprint density at radius 2 is 1.70 bits per heavy atom. The topological polar surface area (TPSA) is 0 Å². The minimum atomic E-state index is -0.775. The molecule has 1 heteroatoms. The second-order valence-corrected chi connectivity index (χ2v) is 8.12. The van der Waals surface area contributed by atoms with E-state index in [0.29, 0.717) is 5.92 Å². The number of hydrogen-bond acceptors (Lipinski definition) is 0. The summed E-state index contributed by atoms with van der Waals surface area (Å²) in [6, 6.07) is 20.1. The molecule has 2 aromatic rings. The molecule has 97 valence electrons. The lowest BCUT2D eigenvalue weighted by Gasteiger charge is -2.18. The third kappa shape index (κ3) is 1.74. The van der Waals surface area contributed by atoms with Crippen LogP contribution >= 0.6 is 0 Å². The number of benzene rings is 2. The first-order valence-electron chi connectivity index (χ1n) is 7.28. The summed E-state index contributed by atoms with van der Waals surface area (Å²) >= 11 is 0. The lowest BCUT2D eigenvalue weighted by molar-refractivity contribution is 0.748. The Morgan fingerprint density at radius 1 is 0.950 bits per heavy atom. The Balaban J connectivity index is 1.93. The van der Waals surface area contributed by atoms with Gasteiger partial charge in [0.05, 0.1) is 0 Å². The fraction of sp³-hybridized carbons (Fsp3) is 0.158. The maximum absolute atomic E-state index is 2.41. The van der Waals surface area contributed by atoms with Gasteiger partial charge in [-0.1, -0.05) is 78.9 Å². The van der Waals surface area contributed by atoms with Crippen LogP contribution in [-0.2, 0) is 0 Å². The molecule has 20 heavy (non-hydrogen) atoms. The van der Waals surface area contributed by atoms with Crippen molar-refractivity contribution in [3.8, 4) is 0 Å². The highest BCUT2D eigenvalue weighted by Gasteiger charge is 2.34. The molecule has 0 bridgehead atoms. The van der Waals surface area contributed by atoms with Crippen molar-refractivity contribution in [3.05, 3.63) is 77.5 Å². The Labute approximate surface area is 122 Å². The van der Waals surface area contributed by atoms with E-state index in [0.717, 1.165) is 0 Å². The number of rotatable bonds is 1. The van der Waals surface area contributed by atoms with Crippen molar-refractivity contribution in [2.45, 2.75) is 13.3 Å².